The number of allylic oxidation sites excluding steroid dienone is 1. The number of hydrogen-bond acceptors (Lipinski definition) is 6. The fourth-order valence-electron chi connectivity index (χ4n) is 2.82. The van der Waals surface area contributed by atoms with Crippen LogP contribution in [0, 0.1) is 0 Å². The van der Waals surface area contributed by atoms with Crippen molar-refractivity contribution in [1.82, 2.24) is 0 Å². The molecule has 0 aliphatic heterocycles. The SMILES string of the molecule is C=C(C(=O)c1cc(OC)c(OC)c(-c2cccs2)c1)c1ccc(C(=O)[O-])cc1.[Li+]. The van der Waals surface area contributed by atoms with Crippen LogP contribution in [-0.2, 0) is 0 Å². The van der Waals surface area contributed by atoms with Crippen LogP contribution in [0.25, 0.3) is 16.0 Å². The maximum absolute atomic E-state index is 13.0. The molecule has 0 fully saturated rings. The minimum Gasteiger partial charge on any atom is -0.545 e. The minimum atomic E-state index is -1.27. The number of rotatable bonds is 7. The molecule has 29 heavy (non-hydrogen) atoms. The summed E-state index contributed by atoms with van der Waals surface area (Å²) in [6, 6.07) is 13.0. The van der Waals surface area contributed by atoms with E-state index in [2.05, 4.69) is 6.58 Å². The number of ether oxygens (including phenoxy) is 2. The molecule has 5 nitrogen and oxygen atoms in total. The summed E-state index contributed by atoms with van der Waals surface area (Å²) in [6.45, 7) is 3.88. The van der Waals surface area contributed by atoms with Gasteiger partial charge in [-0.3, -0.25) is 4.79 Å². The van der Waals surface area contributed by atoms with Crippen molar-refractivity contribution in [3.05, 3.63) is 77.2 Å². The van der Waals surface area contributed by atoms with E-state index in [1.54, 1.807) is 19.2 Å². The van der Waals surface area contributed by atoms with E-state index in [1.807, 2.05) is 17.5 Å². The maximum Gasteiger partial charge on any atom is 1.00 e. The smallest absolute Gasteiger partial charge is 0.545 e. The number of hydrogen-bond donors (Lipinski definition) is 0. The van der Waals surface area contributed by atoms with Gasteiger partial charge in [0.25, 0.3) is 0 Å². The second-order valence-electron chi connectivity index (χ2n) is 5.91. The molecule has 0 bridgehead atoms. The van der Waals surface area contributed by atoms with Gasteiger partial charge in [-0.1, -0.05) is 36.9 Å². The molecule has 0 saturated carbocycles. The van der Waals surface area contributed by atoms with E-state index in [9.17, 15) is 14.7 Å². The van der Waals surface area contributed by atoms with Crippen molar-refractivity contribution in [3.63, 3.8) is 0 Å². The monoisotopic (exact) mass is 400 g/mol. The number of ketones is 1. The van der Waals surface area contributed by atoms with E-state index in [4.69, 9.17) is 9.47 Å². The first-order valence-electron chi connectivity index (χ1n) is 8.31. The van der Waals surface area contributed by atoms with Gasteiger partial charge >= 0.3 is 18.9 Å². The van der Waals surface area contributed by atoms with Crippen molar-refractivity contribution in [2.24, 2.45) is 0 Å². The summed E-state index contributed by atoms with van der Waals surface area (Å²) >= 11 is 1.52. The molecule has 0 amide bonds. The predicted octanol–water partition coefficient (Wildman–Crippen LogP) is 0.696. The van der Waals surface area contributed by atoms with Gasteiger partial charge in [0.05, 0.1) is 20.2 Å². The Hall–Kier alpha value is -2.78. The fourth-order valence-corrected chi connectivity index (χ4v) is 3.56. The third-order valence-electron chi connectivity index (χ3n) is 4.27. The zero-order valence-electron chi connectivity index (χ0n) is 16.4. The van der Waals surface area contributed by atoms with Crippen LogP contribution < -0.4 is 33.4 Å². The van der Waals surface area contributed by atoms with Crippen LogP contribution in [0.4, 0.5) is 0 Å². The molecule has 3 aromatic rings. The van der Waals surface area contributed by atoms with Crippen LogP contribution in [0.3, 0.4) is 0 Å². The first-order valence-corrected chi connectivity index (χ1v) is 9.19. The summed E-state index contributed by atoms with van der Waals surface area (Å²) in [5.74, 6) is -0.578. The van der Waals surface area contributed by atoms with Crippen molar-refractivity contribution < 1.29 is 43.0 Å². The molecule has 1 aromatic heterocycles. The molecule has 7 heteroatoms. The molecule has 2 aromatic carbocycles. The Kier molecular flexibility index (Phi) is 7.46. The van der Waals surface area contributed by atoms with Crippen LogP contribution in [0.2, 0.25) is 0 Å². The van der Waals surface area contributed by atoms with Gasteiger partial charge in [0, 0.05) is 21.6 Å². The quantitative estimate of drug-likeness (QED) is 0.332. The van der Waals surface area contributed by atoms with Gasteiger partial charge < -0.3 is 19.4 Å². The first kappa shape index (κ1) is 22.5. The molecular weight excluding hydrogens is 383 g/mol. The molecule has 0 spiro atoms. The van der Waals surface area contributed by atoms with E-state index >= 15 is 0 Å². The van der Waals surface area contributed by atoms with Gasteiger partial charge in [0.15, 0.2) is 17.3 Å². The summed E-state index contributed by atoms with van der Waals surface area (Å²) in [7, 11) is 3.06. The zero-order chi connectivity index (χ0) is 20.3. The molecule has 0 radical (unpaired) electrons. The zero-order valence-corrected chi connectivity index (χ0v) is 17.2. The average Bonchev–Trinajstić information content (AvgIpc) is 3.26. The number of carboxylic acids is 1. The number of Topliss-reactive ketones (excluding diaryl/α,β-unsaturated/α-hetero) is 1. The standard InChI is InChI=1S/C22H18O5S.Li/c1-13(14-6-8-15(9-7-14)22(24)25)20(23)16-11-17(19-5-4-10-28-19)21(27-3)18(12-16)26-2;/h4-12H,1H2,2-3H3,(H,24,25);/q;+1/p-1. The Morgan fingerprint density at radius 1 is 0.966 bits per heavy atom. The van der Waals surface area contributed by atoms with Crippen molar-refractivity contribution in [3.8, 4) is 21.9 Å². The number of carbonyl (C=O) groups excluding carboxylic acids is 2. The molecule has 0 N–H and O–H groups in total. The van der Waals surface area contributed by atoms with Crippen LogP contribution >= 0.6 is 11.3 Å². The molecule has 0 atom stereocenters. The van der Waals surface area contributed by atoms with Crippen LogP contribution in [0.5, 0.6) is 11.5 Å². The molecule has 1 heterocycles. The maximum atomic E-state index is 13.0. The average molecular weight is 400 g/mol. The number of benzene rings is 2. The number of thiophene rings is 1. The van der Waals surface area contributed by atoms with Crippen LogP contribution in [-0.4, -0.2) is 26.0 Å². The van der Waals surface area contributed by atoms with Gasteiger partial charge in [0.2, 0.25) is 0 Å². The topological polar surface area (TPSA) is 75.7 Å². The molecule has 0 aliphatic carbocycles. The van der Waals surface area contributed by atoms with E-state index in [-0.39, 0.29) is 35.8 Å². The summed E-state index contributed by atoms with van der Waals surface area (Å²) < 4.78 is 10.9. The minimum absolute atomic E-state index is 0. The summed E-state index contributed by atoms with van der Waals surface area (Å²) in [4.78, 5) is 24.9. The van der Waals surface area contributed by atoms with Crippen molar-refractivity contribution in [2.75, 3.05) is 14.2 Å². The molecule has 0 saturated heterocycles. The van der Waals surface area contributed by atoms with E-state index in [0.717, 1.165) is 10.4 Å². The molecule has 142 valence electrons. The Morgan fingerprint density at radius 3 is 2.14 bits per heavy atom. The number of methoxy groups -OCH3 is 2. The van der Waals surface area contributed by atoms with E-state index < -0.39 is 5.97 Å². The predicted molar refractivity (Wildman–Crippen MR) is 107 cm³/mol. The Labute approximate surface area is 184 Å². The molecule has 0 unspecified atom stereocenters. The van der Waals surface area contributed by atoms with Crippen LogP contribution in [0.1, 0.15) is 26.3 Å². The third kappa shape index (κ3) is 4.62. The molecular formula is C22H17LiO5S. The number of carbonyl (C=O) groups is 2. The number of carboxylic acid groups (broad SMARTS) is 1. The Balaban J connectivity index is 0.00000300. The fraction of sp³-hybridized carbons (Fsp3) is 0.0909. The van der Waals surface area contributed by atoms with Gasteiger partial charge in [-0.25, -0.2) is 0 Å². The Bertz CT molecular complexity index is 1040. The molecule has 3 rings (SSSR count). The summed E-state index contributed by atoms with van der Waals surface area (Å²) in [6.07, 6.45) is 0. The van der Waals surface area contributed by atoms with Gasteiger partial charge in [-0.2, -0.15) is 0 Å². The van der Waals surface area contributed by atoms with Crippen LogP contribution in [0.15, 0.2) is 60.5 Å². The first-order chi connectivity index (χ1) is 13.5. The Morgan fingerprint density at radius 2 is 1.62 bits per heavy atom. The second kappa shape index (κ2) is 9.62. The third-order valence-corrected chi connectivity index (χ3v) is 5.17. The molecule has 0 aliphatic rings. The van der Waals surface area contributed by atoms with Gasteiger partial charge in [-0.15, -0.1) is 11.3 Å². The summed E-state index contributed by atoms with van der Waals surface area (Å²) in [5, 5.41) is 12.8. The normalized spacial score (nSPS) is 10.0. The van der Waals surface area contributed by atoms with Crippen molar-refractivity contribution >= 4 is 28.7 Å². The van der Waals surface area contributed by atoms with Gasteiger partial charge in [-0.05, 0) is 34.7 Å². The summed E-state index contributed by atoms with van der Waals surface area (Å²) in [5.41, 5.74) is 1.96. The second-order valence-corrected chi connectivity index (χ2v) is 6.86. The number of aromatic carboxylic acids is 1. The van der Waals surface area contributed by atoms with E-state index in [0.29, 0.717) is 22.6 Å². The van der Waals surface area contributed by atoms with Crippen molar-refractivity contribution in [1.29, 1.82) is 0 Å². The largest absolute Gasteiger partial charge is 1.00 e. The van der Waals surface area contributed by atoms with Gasteiger partial charge in [0.1, 0.15) is 0 Å². The van der Waals surface area contributed by atoms with E-state index in [1.165, 1.54) is 42.7 Å². The van der Waals surface area contributed by atoms with Crippen molar-refractivity contribution in [2.45, 2.75) is 0 Å².